The molecule has 0 saturated carbocycles. The Hall–Kier alpha value is -0.340. The standard InChI is InChI=1S/C12H13BrClF/c1-8(2)10(7-14)5-9-3-4-12(15)11(13)6-9/h3-6,8H,7H2,1-2H3. The molecule has 0 nitrogen and oxygen atoms in total. The zero-order chi connectivity index (χ0) is 11.4. The lowest BCUT2D eigenvalue weighted by Crippen LogP contribution is -1.95. The predicted molar refractivity (Wildman–Crippen MR) is 67.6 cm³/mol. The molecule has 82 valence electrons. The first-order chi connectivity index (χ1) is 7.04. The van der Waals surface area contributed by atoms with E-state index in [4.69, 9.17) is 11.6 Å². The molecule has 15 heavy (non-hydrogen) atoms. The number of allylic oxidation sites excluding steroid dienone is 1. The first-order valence-electron chi connectivity index (χ1n) is 4.76. The molecule has 1 rings (SSSR count). The Balaban J connectivity index is 3.01. The molecule has 0 aliphatic rings. The first kappa shape index (κ1) is 12.7. The average Bonchev–Trinajstić information content (AvgIpc) is 2.19. The zero-order valence-corrected chi connectivity index (χ0v) is 11.1. The van der Waals surface area contributed by atoms with Crippen molar-refractivity contribution in [3.8, 4) is 0 Å². The predicted octanol–water partition coefficient (Wildman–Crippen LogP) is 4.87. The summed E-state index contributed by atoms with van der Waals surface area (Å²) in [6.07, 6.45) is 2.00. The normalized spacial score (nSPS) is 12.3. The number of alkyl halides is 1. The smallest absolute Gasteiger partial charge is 0.137 e. The van der Waals surface area contributed by atoms with Crippen LogP contribution in [0.4, 0.5) is 4.39 Å². The topological polar surface area (TPSA) is 0 Å². The first-order valence-corrected chi connectivity index (χ1v) is 6.09. The summed E-state index contributed by atoms with van der Waals surface area (Å²) in [6.45, 7) is 4.18. The Kier molecular flexibility index (Phi) is 4.81. The molecule has 0 N–H and O–H groups in total. The lowest BCUT2D eigenvalue weighted by atomic mass is 10.0. The zero-order valence-electron chi connectivity index (χ0n) is 8.73. The van der Waals surface area contributed by atoms with Crippen LogP contribution in [0.25, 0.3) is 6.08 Å². The largest absolute Gasteiger partial charge is 0.206 e. The van der Waals surface area contributed by atoms with Gasteiger partial charge in [0.1, 0.15) is 5.82 Å². The minimum Gasteiger partial charge on any atom is -0.206 e. The maximum Gasteiger partial charge on any atom is 0.137 e. The van der Waals surface area contributed by atoms with Crippen molar-refractivity contribution < 1.29 is 4.39 Å². The van der Waals surface area contributed by atoms with E-state index in [1.54, 1.807) is 12.1 Å². The van der Waals surface area contributed by atoms with Crippen molar-refractivity contribution in [1.82, 2.24) is 0 Å². The number of rotatable bonds is 3. The third kappa shape index (κ3) is 3.62. The van der Waals surface area contributed by atoms with Crippen LogP contribution in [0.2, 0.25) is 0 Å². The molecule has 0 aliphatic heterocycles. The number of hydrogen-bond acceptors (Lipinski definition) is 0. The summed E-state index contributed by atoms with van der Waals surface area (Å²) < 4.78 is 13.5. The van der Waals surface area contributed by atoms with Gasteiger partial charge in [-0.15, -0.1) is 11.6 Å². The second-order valence-electron chi connectivity index (χ2n) is 3.68. The molecule has 0 fully saturated rings. The van der Waals surface area contributed by atoms with Gasteiger partial charge in [0.25, 0.3) is 0 Å². The van der Waals surface area contributed by atoms with Crippen LogP contribution in [0.3, 0.4) is 0 Å². The second-order valence-corrected chi connectivity index (χ2v) is 4.80. The Labute approximate surface area is 103 Å². The monoisotopic (exact) mass is 290 g/mol. The van der Waals surface area contributed by atoms with Gasteiger partial charge in [-0.1, -0.05) is 31.6 Å². The van der Waals surface area contributed by atoms with Crippen LogP contribution in [-0.2, 0) is 0 Å². The van der Waals surface area contributed by atoms with E-state index < -0.39 is 0 Å². The van der Waals surface area contributed by atoms with E-state index in [0.29, 0.717) is 16.3 Å². The molecule has 0 bridgehead atoms. The number of hydrogen-bond donors (Lipinski definition) is 0. The Morgan fingerprint density at radius 2 is 2.20 bits per heavy atom. The Morgan fingerprint density at radius 3 is 2.67 bits per heavy atom. The molecule has 0 radical (unpaired) electrons. The molecule has 0 spiro atoms. The molecule has 0 aromatic heterocycles. The molecule has 0 atom stereocenters. The summed E-state index contributed by atoms with van der Waals surface area (Å²) >= 11 is 8.99. The van der Waals surface area contributed by atoms with Gasteiger partial charge < -0.3 is 0 Å². The van der Waals surface area contributed by atoms with Crippen LogP contribution in [0.1, 0.15) is 19.4 Å². The van der Waals surface area contributed by atoms with Crippen LogP contribution >= 0.6 is 27.5 Å². The number of halogens is 3. The van der Waals surface area contributed by atoms with Crippen molar-refractivity contribution in [1.29, 1.82) is 0 Å². The van der Waals surface area contributed by atoms with E-state index in [2.05, 4.69) is 29.8 Å². The van der Waals surface area contributed by atoms with Gasteiger partial charge in [0, 0.05) is 5.88 Å². The van der Waals surface area contributed by atoms with Gasteiger partial charge in [-0.05, 0) is 39.5 Å². The molecule has 0 amide bonds. The molecule has 1 aromatic rings. The van der Waals surface area contributed by atoms with Crippen molar-refractivity contribution in [3.63, 3.8) is 0 Å². The van der Waals surface area contributed by atoms with Gasteiger partial charge >= 0.3 is 0 Å². The summed E-state index contributed by atoms with van der Waals surface area (Å²) in [6, 6.07) is 4.95. The van der Waals surface area contributed by atoms with Gasteiger partial charge in [0.05, 0.1) is 4.47 Å². The summed E-state index contributed by atoms with van der Waals surface area (Å²) in [7, 11) is 0. The van der Waals surface area contributed by atoms with Crippen molar-refractivity contribution in [2.75, 3.05) is 5.88 Å². The number of benzene rings is 1. The maximum absolute atomic E-state index is 13.0. The maximum atomic E-state index is 13.0. The molecule has 0 heterocycles. The van der Waals surface area contributed by atoms with Crippen LogP contribution in [-0.4, -0.2) is 5.88 Å². The highest BCUT2D eigenvalue weighted by Crippen LogP contribution is 2.21. The minimum atomic E-state index is -0.246. The molecule has 0 unspecified atom stereocenters. The average molecular weight is 292 g/mol. The van der Waals surface area contributed by atoms with E-state index in [1.807, 2.05) is 6.08 Å². The summed E-state index contributed by atoms with van der Waals surface area (Å²) in [5.41, 5.74) is 2.11. The van der Waals surface area contributed by atoms with Crippen molar-refractivity contribution in [2.45, 2.75) is 13.8 Å². The highest BCUT2D eigenvalue weighted by molar-refractivity contribution is 9.10. The third-order valence-corrected chi connectivity index (χ3v) is 3.11. The summed E-state index contributed by atoms with van der Waals surface area (Å²) in [5.74, 6) is 0.669. The SMILES string of the molecule is CC(C)C(=Cc1ccc(F)c(Br)c1)CCl. The van der Waals surface area contributed by atoms with Crippen molar-refractivity contribution in [2.24, 2.45) is 5.92 Å². The van der Waals surface area contributed by atoms with Gasteiger partial charge in [0.15, 0.2) is 0 Å². The molecule has 1 aromatic carbocycles. The van der Waals surface area contributed by atoms with E-state index >= 15 is 0 Å². The molecule has 0 saturated heterocycles. The Morgan fingerprint density at radius 1 is 1.53 bits per heavy atom. The minimum absolute atomic E-state index is 0.246. The van der Waals surface area contributed by atoms with Crippen LogP contribution in [0.5, 0.6) is 0 Å². The van der Waals surface area contributed by atoms with Crippen LogP contribution in [0, 0.1) is 11.7 Å². The fraction of sp³-hybridized carbons (Fsp3) is 0.333. The lowest BCUT2D eigenvalue weighted by Gasteiger charge is -2.07. The van der Waals surface area contributed by atoms with Crippen molar-refractivity contribution >= 4 is 33.6 Å². The fourth-order valence-electron chi connectivity index (χ4n) is 1.18. The van der Waals surface area contributed by atoms with Crippen molar-refractivity contribution in [3.05, 3.63) is 39.6 Å². The lowest BCUT2D eigenvalue weighted by molar-refractivity contribution is 0.621. The van der Waals surface area contributed by atoms with E-state index in [0.717, 1.165) is 11.1 Å². The molecule has 3 heteroatoms. The van der Waals surface area contributed by atoms with Gasteiger partial charge in [-0.25, -0.2) is 4.39 Å². The van der Waals surface area contributed by atoms with E-state index in [1.165, 1.54) is 6.07 Å². The molecular formula is C12H13BrClF. The van der Waals surface area contributed by atoms with Crippen LogP contribution in [0.15, 0.2) is 28.2 Å². The van der Waals surface area contributed by atoms with E-state index in [-0.39, 0.29) is 5.82 Å². The van der Waals surface area contributed by atoms with Crippen LogP contribution < -0.4 is 0 Å². The third-order valence-electron chi connectivity index (χ3n) is 2.19. The summed E-state index contributed by atoms with van der Waals surface area (Å²) in [4.78, 5) is 0. The Bertz CT molecular complexity index is 372. The summed E-state index contributed by atoms with van der Waals surface area (Å²) in [5, 5.41) is 0. The fourth-order valence-corrected chi connectivity index (χ4v) is 1.96. The molecular weight excluding hydrogens is 278 g/mol. The van der Waals surface area contributed by atoms with E-state index in [9.17, 15) is 4.39 Å². The highest BCUT2D eigenvalue weighted by atomic mass is 79.9. The van der Waals surface area contributed by atoms with Gasteiger partial charge in [0.2, 0.25) is 0 Å². The second kappa shape index (κ2) is 5.66. The quantitative estimate of drug-likeness (QED) is 0.697. The highest BCUT2D eigenvalue weighted by Gasteiger charge is 2.03. The van der Waals surface area contributed by atoms with Gasteiger partial charge in [-0.3, -0.25) is 0 Å². The molecule has 0 aliphatic carbocycles. The van der Waals surface area contributed by atoms with Gasteiger partial charge in [-0.2, -0.15) is 0 Å².